The Morgan fingerprint density at radius 3 is 2.57 bits per heavy atom. The number of aromatic hydroxyl groups is 2. The number of aryl methyl sites for hydroxylation is 1. The van der Waals surface area contributed by atoms with E-state index >= 15 is 0 Å². The van der Waals surface area contributed by atoms with Crippen molar-refractivity contribution in [2.45, 2.75) is 65.2 Å². The molecule has 0 fully saturated rings. The summed E-state index contributed by atoms with van der Waals surface area (Å²) in [4.78, 5) is 0. The first-order chi connectivity index (χ1) is 10.9. The van der Waals surface area contributed by atoms with Gasteiger partial charge in [-0.25, -0.2) is 0 Å². The maximum absolute atomic E-state index is 10.4. The highest BCUT2D eigenvalue weighted by Crippen LogP contribution is 2.50. The van der Waals surface area contributed by atoms with Crippen LogP contribution in [0.2, 0.25) is 0 Å². The monoisotopic (exact) mass is 318 g/mol. The van der Waals surface area contributed by atoms with E-state index in [1.54, 1.807) is 0 Å². The van der Waals surface area contributed by atoms with Crippen LogP contribution in [0.25, 0.3) is 0 Å². The smallest absolute Gasteiger partial charge is 0.161 e. The van der Waals surface area contributed by atoms with Crippen molar-refractivity contribution in [3.05, 3.63) is 34.4 Å². The SMILES string of the molecule is CC(C)=CCCC(CO)[C@@H]1CC[C@@H](C)c2c1cc(C)c(O)c2O. The molecule has 0 bridgehead atoms. The minimum atomic E-state index is 0.00124. The summed E-state index contributed by atoms with van der Waals surface area (Å²) in [7, 11) is 0. The molecule has 1 aromatic carbocycles. The topological polar surface area (TPSA) is 60.7 Å². The molecule has 0 saturated heterocycles. The summed E-state index contributed by atoms with van der Waals surface area (Å²) >= 11 is 0. The number of phenolic OH excluding ortho intramolecular Hbond substituents is 2. The maximum atomic E-state index is 10.4. The quantitative estimate of drug-likeness (QED) is 0.543. The van der Waals surface area contributed by atoms with Crippen LogP contribution < -0.4 is 0 Å². The van der Waals surface area contributed by atoms with Crippen molar-refractivity contribution in [1.82, 2.24) is 0 Å². The highest BCUT2D eigenvalue weighted by Gasteiger charge is 2.33. The zero-order chi connectivity index (χ0) is 17.1. The average Bonchev–Trinajstić information content (AvgIpc) is 2.50. The van der Waals surface area contributed by atoms with Crippen molar-refractivity contribution in [3.8, 4) is 11.5 Å². The number of hydrogen-bond acceptors (Lipinski definition) is 3. The largest absolute Gasteiger partial charge is 0.504 e. The van der Waals surface area contributed by atoms with Gasteiger partial charge in [-0.05, 0) is 75.3 Å². The van der Waals surface area contributed by atoms with Crippen molar-refractivity contribution in [3.63, 3.8) is 0 Å². The second-order valence-corrected chi connectivity index (χ2v) is 7.28. The summed E-state index contributed by atoms with van der Waals surface area (Å²) in [6.45, 7) is 8.27. The molecule has 0 radical (unpaired) electrons. The first-order valence-corrected chi connectivity index (χ1v) is 8.66. The van der Waals surface area contributed by atoms with E-state index in [9.17, 15) is 15.3 Å². The Balaban J connectivity index is 2.35. The molecule has 1 aliphatic carbocycles. The van der Waals surface area contributed by atoms with Crippen LogP contribution in [0.4, 0.5) is 0 Å². The van der Waals surface area contributed by atoms with Gasteiger partial charge in [0.2, 0.25) is 0 Å². The Morgan fingerprint density at radius 1 is 1.26 bits per heavy atom. The molecule has 0 heterocycles. The number of rotatable bonds is 5. The van der Waals surface area contributed by atoms with Crippen LogP contribution in [0.15, 0.2) is 17.7 Å². The van der Waals surface area contributed by atoms with Crippen LogP contribution >= 0.6 is 0 Å². The van der Waals surface area contributed by atoms with E-state index in [1.807, 2.05) is 13.0 Å². The second kappa shape index (κ2) is 7.39. The lowest BCUT2D eigenvalue weighted by atomic mass is 9.70. The van der Waals surface area contributed by atoms with Crippen LogP contribution in [-0.4, -0.2) is 21.9 Å². The minimum absolute atomic E-state index is 0.00124. The molecule has 3 heteroatoms. The summed E-state index contributed by atoms with van der Waals surface area (Å²) in [5.41, 5.74) is 4.01. The predicted molar refractivity (Wildman–Crippen MR) is 94.1 cm³/mol. The molecule has 0 aliphatic heterocycles. The Morgan fingerprint density at radius 2 is 1.96 bits per heavy atom. The van der Waals surface area contributed by atoms with Crippen LogP contribution in [0.5, 0.6) is 11.5 Å². The van der Waals surface area contributed by atoms with Gasteiger partial charge >= 0.3 is 0 Å². The third kappa shape index (κ3) is 3.72. The minimum Gasteiger partial charge on any atom is -0.504 e. The molecule has 2 rings (SSSR count). The number of phenols is 2. The predicted octanol–water partition coefficient (Wildman–Crippen LogP) is 4.74. The van der Waals surface area contributed by atoms with Crippen molar-refractivity contribution in [2.24, 2.45) is 5.92 Å². The number of allylic oxidation sites excluding steroid dienone is 2. The first kappa shape index (κ1) is 17.9. The summed E-state index contributed by atoms with van der Waals surface area (Å²) in [5, 5.41) is 30.3. The van der Waals surface area contributed by atoms with E-state index in [2.05, 4.69) is 26.8 Å². The van der Waals surface area contributed by atoms with Gasteiger partial charge in [-0.3, -0.25) is 0 Å². The number of aliphatic hydroxyl groups excluding tert-OH is 1. The van der Waals surface area contributed by atoms with E-state index in [0.717, 1.165) is 36.8 Å². The van der Waals surface area contributed by atoms with Gasteiger partial charge in [0.15, 0.2) is 11.5 Å². The lowest BCUT2D eigenvalue weighted by Gasteiger charge is -2.35. The number of benzene rings is 1. The van der Waals surface area contributed by atoms with E-state index in [4.69, 9.17) is 0 Å². The van der Waals surface area contributed by atoms with Crippen LogP contribution in [-0.2, 0) is 0 Å². The van der Waals surface area contributed by atoms with E-state index < -0.39 is 0 Å². The molecule has 3 atom stereocenters. The van der Waals surface area contributed by atoms with Gasteiger partial charge in [0.25, 0.3) is 0 Å². The van der Waals surface area contributed by atoms with Crippen LogP contribution in [0.1, 0.15) is 75.0 Å². The fourth-order valence-corrected chi connectivity index (χ4v) is 3.88. The van der Waals surface area contributed by atoms with Gasteiger partial charge in [0.05, 0.1) is 0 Å². The second-order valence-electron chi connectivity index (χ2n) is 7.28. The molecule has 0 spiro atoms. The lowest BCUT2D eigenvalue weighted by Crippen LogP contribution is -2.23. The Hall–Kier alpha value is -1.48. The molecule has 3 N–H and O–H groups in total. The van der Waals surface area contributed by atoms with E-state index in [-0.39, 0.29) is 35.9 Å². The van der Waals surface area contributed by atoms with Crippen LogP contribution in [0, 0.1) is 12.8 Å². The fourth-order valence-electron chi connectivity index (χ4n) is 3.88. The van der Waals surface area contributed by atoms with Gasteiger partial charge < -0.3 is 15.3 Å². The first-order valence-electron chi connectivity index (χ1n) is 8.66. The van der Waals surface area contributed by atoms with Crippen molar-refractivity contribution in [1.29, 1.82) is 0 Å². The summed E-state index contributed by atoms with van der Waals surface area (Å²) < 4.78 is 0. The van der Waals surface area contributed by atoms with Crippen molar-refractivity contribution in [2.75, 3.05) is 6.61 Å². The Labute approximate surface area is 139 Å². The van der Waals surface area contributed by atoms with Crippen LogP contribution in [0.3, 0.4) is 0 Å². The highest BCUT2D eigenvalue weighted by atomic mass is 16.3. The number of aliphatic hydroxyl groups is 1. The molecule has 1 unspecified atom stereocenters. The van der Waals surface area contributed by atoms with Gasteiger partial charge in [-0.15, -0.1) is 0 Å². The molecule has 1 aliphatic rings. The molecule has 128 valence electrons. The third-order valence-electron chi connectivity index (χ3n) is 5.23. The molecule has 0 saturated carbocycles. The summed E-state index contributed by atoms with van der Waals surface area (Å²) in [6.07, 6.45) is 6.14. The number of fused-ring (bicyclic) bond motifs is 1. The Bertz CT molecular complexity index is 585. The summed E-state index contributed by atoms with van der Waals surface area (Å²) in [5.74, 6) is 0.728. The molecule has 1 aromatic rings. The number of hydrogen-bond donors (Lipinski definition) is 3. The van der Waals surface area contributed by atoms with E-state index in [0.29, 0.717) is 5.56 Å². The fraction of sp³-hybridized carbons (Fsp3) is 0.600. The molecule has 23 heavy (non-hydrogen) atoms. The van der Waals surface area contributed by atoms with Crippen molar-refractivity contribution >= 4 is 0 Å². The summed E-state index contributed by atoms with van der Waals surface area (Å²) in [6, 6.07) is 2.01. The third-order valence-corrected chi connectivity index (χ3v) is 5.23. The normalized spacial score (nSPS) is 21.6. The van der Waals surface area contributed by atoms with Gasteiger partial charge in [-0.1, -0.05) is 24.6 Å². The van der Waals surface area contributed by atoms with Gasteiger partial charge in [-0.2, -0.15) is 0 Å². The Kier molecular flexibility index (Phi) is 5.74. The molecular weight excluding hydrogens is 288 g/mol. The highest BCUT2D eigenvalue weighted by molar-refractivity contribution is 5.56. The standard InChI is InChI=1S/C20H30O3/c1-12(2)6-5-7-15(11-21)16-9-8-13(3)18-17(16)10-14(4)19(22)20(18)23/h6,10,13,15-16,21-23H,5,7-9,11H2,1-4H3/t13-,15?,16+/m1/s1. The van der Waals surface area contributed by atoms with Crippen molar-refractivity contribution < 1.29 is 15.3 Å². The molecule has 3 nitrogen and oxygen atoms in total. The van der Waals surface area contributed by atoms with Gasteiger partial charge in [0.1, 0.15) is 0 Å². The van der Waals surface area contributed by atoms with E-state index in [1.165, 1.54) is 5.57 Å². The lowest BCUT2D eigenvalue weighted by molar-refractivity contribution is 0.185. The molecule has 0 aromatic heterocycles. The zero-order valence-corrected chi connectivity index (χ0v) is 14.8. The molecule has 0 amide bonds. The van der Waals surface area contributed by atoms with Gasteiger partial charge in [0, 0.05) is 12.2 Å². The molecular formula is C20H30O3. The maximum Gasteiger partial charge on any atom is 0.161 e. The zero-order valence-electron chi connectivity index (χ0n) is 14.8. The average molecular weight is 318 g/mol.